The van der Waals surface area contributed by atoms with Gasteiger partial charge in [0.2, 0.25) is 0 Å². The van der Waals surface area contributed by atoms with E-state index in [-0.39, 0.29) is 5.04 Å². The van der Waals surface area contributed by atoms with Crippen LogP contribution >= 0.6 is 0 Å². The van der Waals surface area contributed by atoms with Crippen LogP contribution in [-0.4, -0.2) is 13.2 Å². The van der Waals surface area contributed by atoms with Crippen molar-refractivity contribution in [3.8, 4) is 0 Å². The lowest BCUT2D eigenvalue weighted by molar-refractivity contribution is 0.512. The van der Waals surface area contributed by atoms with Gasteiger partial charge < -0.3 is 5.11 Å². The lowest BCUT2D eigenvalue weighted by Crippen LogP contribution is -2.35. The van der Waals surface area contributed by atoms with E-state index in [1.807, 2.05) is 30.3 Å². The lowest BCUT2D eigenvalue weighted by Gasteiger charge is -2.34. The Bertz CT molecular complexity index is 371. The second kappa shape index (κ2) is 4.46. The van der Waals surface area contributed by atoms with Crippen LogP contribution in [0.5, 0.6) is 0 Å². The summed E-state index contributed by atoms with van der Waals surface area (Å²) in [4.78, 5) is 0. The van der Waals surface area contributed by atoms with E-state index in [4.69, 9.17) is 0 Å². The maximum Gasteiger partial charge on any atom is 0.115 e. The molecule has 1 N–H and O–H groups in total. The molecule has 1 nitrogen and oxygen atoms in total. The Hall–Kier alpha value is -1.02. The van der Waals surface area contributed by atoms with Gasteiger partial charge in [0.1, 0.15) is 5.76 Å². The van der Waals surface area contributed by atoms with E-state index in [0.717, 1.165) is 5.56 Å². The van der Waals surface area contributed by atoms with Gasteiger partial charge in [-0.3, -0.25) is 0 Å². The van der Waals surface area contributed by atoms with Gasteiger partial charge in [0.05, 0.1) is 8.07 Å². The van der Waals surface area contributed by atoms with Crippen molar-refractivity contribution in [1.29, 1.82) is 0 Å². The zero-order chi connectivity index (χ0) is 12.4. The fraction of sp³-hybridized carbons (Fsp3) is 0.429. The average Bonchev–Trinajstić information content (AvgIpc) is 2.16. The van der Waals surface area contributed by atoms with Crippen molar-refractivity contribution >= 4 is 13.8 Å². The summed E-state index contributed by atoms with van der Waals surface area (Å²) < 4.78 is 0. The number of hydrogen-bond donors (Lipinski definition) is 1. The predicted octanol–water partition coefficient (Wildman–Crippen LogP) is 4.63. The van der Waals surface area contributed by atoms with Gasteiger partial charge in [0.25, 0.3) is 0 Å². The minimum Gasteiger partial charge on any atom is -0.508 e. The lowest BCUT2D eigenvalue weighted by atomic mass is 10.2. The SMILES string of the molecule is CC(C)(C)[Si](C)(C)/C=C(\O)c1ccccc1. The van der Waals surface area contributed by atoms with E-state index < -0.39 is 8.07 Å². The minimum atomic E-state index is -1.56. The van der Waals surface area contributed by atoms with Crippen LogP contribution in [0.4, 0.5) is 0 Å². The van der Waals surface area contributed by atoms with Gasteiger partial charge in [-0.25, -0.2) is 0 Å². The molecule has 0 radical (unpaired) electrons. The van der Waals surface area contributed by atoms with Crippen molar-refractivity contribution < 1.29 is 5.11 Å². The highest BCUT2D eigenvalue weighted by molar-refractivity contribution is 6.85. The highest BCUT2D eigenvalue weighted by atomic mass is 28.3. The zero-order valence-corrected chi connectivity index (χ0v) is 11.9. The first-order valence-corrected chi connectivity index (χ1v) is 8.79. The Morgan fingerprint density at radius 2 is 1.62 bits per heavy atom. The van der Waals surface area contributed by atoms with E-state index in [1.165, 1.54) is 0 Å². The van der Waals surface area contributed by atoms with Crippen LogP contribution < -0.4 is 0 Å². The van der Waals surface area contributed by atoms with Gasteiger partial charge >= 0.3 is 0 Å². The molecule has 1 aromatic carbocycles. The minimum absolute atomic E-state index is 0.260. The Labute approximate surface area is 99.8 Å². The van der Waals surface area contributed by atoms with Crippen LogP contribution in [-0.2, 0) is 0 Å². The van der Waals surface area contributed by atoms with E-state index in [0.29, 0.717) is 5.76 Å². The van der Waals surface area contributed by atoms with Gasteiger partial charge in [0.15, 0.2) is 0 Å². The standard InChI is InChI=1S/C14H22OSi/c1-14(2,3)16(4,5)11-13(15)12-9-7-6-8-10-12/h6-11,15H,1-5H3/b13-11-. The number of hydrogen-bond acceptors (Lipinski definition) is 1. The number of rotatable bonds is 2. The number of benzene rings is 1. The summed E-state index contributed by atoms with van der Waals surface area (Å²) in [6.07, 6.45) is 0. The summed E-state index contributed by atoms with van der Waals surface area (Å²) in [5.41, 5.74) is 3.00. The van der Waals surface area contributed by atoms with Crippen LogP contribution in [0, 0.1) is 0 Å². The van der Waals surface area contributed by atoms with Gasteiger partial charge in [-0.2, -0.15) is 0 Å². The molecule has 0 unspecified atom stereocenters. The summed E-state index contributed by atoms with van der Waals surface area (Å²) in [6.45, 7) is 11.3. The van der Waals surface area contributed by atoms with Crippen molar-refractivity contribution in [3.63, 3.8) is 0 Å². The molecule has 0 heterocycles. The largest absolute Gasteiger partial charge is 0.508 e. The monoisotopic (exact) mass is 234 g/mol. The molecule has 0 saturated heterocycles. The number of aliphatic hydroxyl groups is 1. The van der Waals surface area contributed by atoms with Crippen molar-refractivity contribution in [2.75, 3.05) is 0 Å². The molecule has 0 aliphatic carbocycles. The fourth-order valence-electron chi connectivity index (χ4n) is 1.25. The van der Waals surface area contributed by atoms with E-state index in [1.54, 1.807) is 0 Å². The van der Waals surface area contributed by atoms with E-state index in [9.17, 15) is 5.11 Å². The van der Waals surface area contributed by atoms with E-state index in [2.05, 4.69) is 39.6 Å². The first-order valence-electron chi connectivity index (χ1n) is 5.71. The zero-order valence-electron chi connectivity index (χ0n) is 10.9. The topological polar surface area (TPSA) is 20.2 Å². The first-order chi connectivity index (χ1) is 7.24. The number of aliphatic hydroxyl groups excluding tert-OH is 1. The highest BCUT2D eigenvalue weighted by Crippen LogP contribution is 2.37. The van der Waals surface area contributed by atoms with Crippen LogP contribution in [0.2, 0.25) is 18.1 Å². The molecule has 0 aromatic heterocycles. The summed E-state index contributed by atoms with van der Waals surface area (Å²) >= 11 is 0. The summed E-state index contributed by atoms with van der Waals surface area (Å²) in [6, 6.07) is 9.75. The molecule has 0 aliphatic rings. The maximum atomic E-state index is 10.1. The molecule has 0 aliphatic heterocycles. The normalized spacial score (nSPS) is 13.9. The second-order valence-corrected chi connectivity index (χ2v) is 11.1. The van der Waals surface area contributed by atoms with Gasteiger partial charge in [-0.05, 0) is 5.04 Å². The van der Waals surface area contributed by atoms with Crippen LogP contribution in [0.15, 0.2) is 36.0 Å². The molecule has 0 saturated carbocycles. The Balaban J connectivity index is 3.03. The summed E-state index contributed by atoms with van der Waals surface area (Å²) in [5, 5.41) is 10.4. The Morgan fingerprint density at radius 1 is 1.12 bits per heavy atom. The first kappa shape index (κ1) is 13.0. The van der Waals surface area contributed by atoms with Gasteiger partial charge in [-0.1, -0.05) is 69.9 Å². The summed E-state index contributed by atoms with van der Waals surface area (Å²) in [5.74, 6) is 0.423. The third kappa shape index (κ3) is 2.98. The molecule has 0 atom stereocenters. The molecule has 2 heteroatoms. The van der Waals surface area contributed by atoms with Crippen LogP contribution in [0.1, 0.15) is 26.3 Å². The molecule has 16 heavy (non-hydrogen) atoms. The van der Waals surface area contributed by atoms with E-state index >= 15 is 0 Å². The molecule has 0 fully saturated rings. The van der Waals surface area contributed by atoms with Crippen molar-refractivity contribution in [1.82, 2.24) is 0 Å². The molecule has 1 aromatic rings. The molecule has 1 rings (SSSR count). The maximum absolute atomic E-state index is 10.1. The summed E-state index contributed by atoms with van der Waals surface area (Å²) in [7, 11) is -1.56. The predicted molar refractivity (Wildman–Crippen MR) is 74.2 cm³/mol. The molecular weight excluding hydrogens is 212 g/mol. The van der Waals surface area contributed by atoms with Gasteiger partial charge in [0, 0.05) is 5.56 Å². The molecule has 0 spiro atoms. The Morgan fingerprint density at radius 3 is 2.06 bits per heavy atom. The smallest absolute Gasteiger partial charge is 0.115 e. The average molecular weight is 234 g/mol. The molecule has 0 bridgehead atoms. The fourth-order valence-corrected chi connectivity index (χ4v) is 2.53. The van der Waals surface area contributed by atoms with Crippen molar-refractivity contribution in [2.24, 2.45) is 0 Å². The van der Waals surface area contributed by atoms with Crippen LogP contribution in [0.25, 0.3) is 5.76 Å². The van der Waals surface area contributed by atoms with Crippen molar-refractivity contribution in [3.05, 3.63) is 41.6 Å². The highest BCUT2D eigenvalue weighted by Gasteiger charge is 2.33. The molecular formula is C14H22OSi. The molecule has 88 valence electrons. The molecule has 0 amide bonds. The van der Waals surface area contributed by atoms with Crippen molar-refractivity contribution in [2.45, 2.75) is 38.9 Å². The quantitative estimate of drug-likeness (QED) is 0.584. The van der Waals surface area contributed by atoms with Gasteiger partial charge in [-0.15, -0.1) is 0 Å². The third-order valence-electron chi connectivity index (χ3n) is 3.50. The second-order valence-electron chi connectivity index (χ2n) is 5.87. The third-order valence-corrected chi connectivity index (χ3v) is 8.36. The Kier molecular flexibility index (Phi) is 3.63. The van der Waals surface area contributed by atoms with Crippen LogP contribution in [0.3, 0.4) is 0 Å².